The first kappa shape index (κ1) is 7.10. The summed E-state index contributed by atoms with van der Waals surface area (Å²) in [4.78, 5) is 13.3. The predicted molar refractivity (Wildman–Crippen MR) is 42.2 cm³/mol. The molecule has 0 aromatic heterocycles. The van der Waals surface area contributed by atoms with Crippen LogP contribution in [-0.2, 0) is 4.79 Å². The van der Waals surface area contributed by atoms with E-state index < -0.39 is 0 Å². The number of nitrogens with one attached hydrogen (secondary N) is 1. The van der Waals surface area contributed by atoms with Gasteiger partial charge in [0.25, 0.3) is 0 Å². The summed E-state index contributed by atoms with van der Waals surface area (Å²) in [5.74, 6) is 0.733. The lowest BCUT2D eigenvalue weighted by Gasteiger charge is -2.35. The highest BCUT2D eigenvalue weighted by Gasteiger charge is 2.35. The van der Waals surface area contributed by atoms with E-state index in [-0.39, 0.29) is 0 Å². The third-order valence-corrected chi connectivity index (χ3v) is 2.58. The van der Waals surface area contributed by atoms with E-state index in [4.69, 9.17) is 0 Å². The van der Waals surface area contributed by atoms with Crippen molar-refractivity contribution in [2.24, 2.45) is 5.92 Å². The van der Waals surface area contributed by atoms with Crippen molar-refractivity contribution in [1.82, 2.24) is 10.2 Å². The molecule has 1 heterocycles. The van der Waals surface area contributed by atoms with E-state index in [1.807, 2.05) is 11.9 Å². The second-order valence-electron chi connectivity index (χ2n) is 3.54. The molecule has 0 bridgehead atoms. The van der Waals surface area contributed by atoms with Gasteiger partial charge >= 0.3 is 0 Å². The molecule has 2 aliphatic rings. The zero-order valence-corrected chi connectivity index (χ0v) is 6.84. The largest absolute Gasteiger partial charge is 0.340 e. The van der Waals surface area contributed by atoms with Gasteiger partial charge in [0.1, 0.15) is 0 Å². The maximum atomic E-state index is 11.4. The molecule has 1 saturated heterocycles. The summed E-state index contributed by atoms with van der Waals surface area (Å²) in [6.07, 6.45) is 2.23. The molecule has 2 rings (SSSR count). The molecular weight excluding hydrogens is 140 g/mol. The Morgan fingerprint density at radius 2 is 2.09 bits per heavy atom. The highest BCUT2D eigenvalue weighted by molar-refractivity contribution is 5.81. The highest BCUT2D eigenvalue weighted by Crippen LogP contribution is 2.31. The maximum absolute atomic E-state index is 11.4. The molecular formula is C8H14N2O. The molecule has 2 fully saturated rings. The van der Waals surface area contributed by atoms with E-state index in [0.717, 1.165) is 25.9 Å². The Labute approximate surface area is 66.8 Å². The number of carbonyl (C=O) groups is 1. The van der Waals surface area contributed by atoms with Crippen LogP contribution in [0.5, 0.6) is 0 Å². The SMILES string of the molecule is CN(C(=O)C1CC1)C1CNC1. The Hall–Kier alpha value is -0.570. The predicted octanol–water partition coefficient (Wildman–Crippen LogP) is -0.173. The summed E-state index contributed by atoms with van der Waals surface area (Å²) >= 11 is 0. The fraction of sp³-hybridized carbons (Fsp3) is 0.875. The molecule has 1 saturated carbocycles. The van der Waals surface area contributed by atoms with Gasteiger partial charge in [-0.3, -0.25) is 4.79 Å². The Morgan fingerprint density at radius 1 is 1.45 bits per heavy atom. The fourth-order valence-corrected chi connectivity index (χ4v) is 1.35. The van der Waals surface area contributed by atoms with Crippen molar-refractivity contribution in [3.63, 3.8) is 0 Å². The van der Waals surface area contributed by atoms with E-state index >= 15 is 0 Å². The summed E-state index contributed by atoms with van der Waals surface area (Å²) in [7, 11) is 1.92. The lowest BCUT2D eigenvalue weighted by molar-refractivity contribution is -0.134. The van der Waals surface area contributed by atoms with Crippen LogP contribution >= 0.6 is 0 Å². The zero-order valence-electron chi connectivity index (χ0n) is 6.84. The van der Waals surface area contributed by atoms with Crippen molar-refractivity contribution in [1.29, 1.82) is 0 Å². The number of likely N-dealkylation sites (N-methyl/N-ethyl adjacent to an activating group) is 1. The van der Waals surface area contributed by atoms with Gasteiger partial charge < -0.3 is 10.2 Å². The smallest absolute Gasteiger partial charge is 0.225 e. The van der Waals surface area contributed by atoms with Gasteiger partial charge in [-0.25, -0.2) is 0 Å². The first-order chi connectivity index (χ1) is 5.29. The van der Waals surface area contributed by atoms with Gasteiger partial charge in [-0.15, -0.1) is 0 Å². The van der Waals surface area contributed by atoms with Crippen LogP contribution in [0.25, 0.3) is 0 Å². The van der Waals surface area contributed by atoms with Crippen LogP contribution in [-0.4, -0.2) is 37.0 Å². The van der Waals surface area contributed by atoms with Crippen LogP contribution in [0.1, 0.15) is 12.8 Å². The van der Waals surface area contributed by atoms with Crippen LogP contribution in [0.4, 0.5) is 0 Å². The van der Waals surface area contributed by atoms with Gasteiger partial charge in [0.15, 0.2) is 0 Å². The number of amides is 1. The van der Waals surface area contributed by atoms with Crippen LogP contribution < -0.4 is 5.32 Å². The fourth-order valence-electron chi connectivity index (χ4n) is 1.35. The molecule has 0 atom stereocenters. The molecule has 3 heteroatoms. The van der Waals surface area contributed by atoms with Gasteiger partial charge in [-0.2, -0.15) is 0 Å². The van der Waals surface area contributed by atoms with Crippen LogP contribution in [0, 0.1) is 5.92 Å². The molecule has 62 valence electrons. The van der Waals surface area contributed by atoms with E-state index in [1.54, 1.807) is 0 Å². The lowest BCUT2D eigenvalue weighted by Crippen LogP contribution is -2.57. The molecule has 1 aliphatic carbocycles. The summed E-state index contributed by atoms with van der Waals surface area (Å²) < 4.78 is 0. The molecule has 3 nitrogen and oxygen atoms in total. The molecule has 1 amide bonds. The summed E-state index contributed by atoms with van der Waals surface area (Å²) in [6.45, 7) is 1.96. The monoisotopic (exact) mass is 154 g/mol. The van der Waals surface area contributed by atoms with Crippen LogP contribution in [0.3, 0.4) is 0 Å². The minimum absolute atomic E-state index is 0.358. The van der Waals surface area contributed by atoms with Crippen molar-refractivity contribution in [3.05, 3.63) is 0 Å². The second kappa shape index (κ2) is 2.48. The van der Waals surface area contributed by atoms with Crippen molar-refractivity contribution >= 4 is 5.91 Å². The van der Waals surface area contributed by atoms with E-state index in [2.05, 4.69) is 5.32 Å². The van der Waals surface area contributed by atoms with Crippen molar-refractivity contribution in [2.45, 2.75) is 18.9 Å². The molecule has 1 N–H and O–H groups in total. The first-order valence-electron chi connectivity index (χ1n) is 4.26. The number of carbonyl (C=O) groups excluding carboxylic acids is 1. The van der Waals surface area contributed by atoms with Crippen LogP contribution in [0.2, 0.25) is 0 Å². The van der Waals surface area contributed by atoms with E-state index in [9.17, 15) is 4.79 Å². The Kier molecular flexibility index (Phi) is 1.60. The van der Waals surface area contributed by atoms with Crippen LogP contribution in [0.15, 0.2) is 0 Å². The first-order valence-corrected chi connectivity index (χ1v) is 4.26. The molecule has 0 unspecified atom stereocenters. The van der Waals surface area contributed by atoms with E-state index in [1.165, 1.54) is 0 Å². The maximum Gasteiger partial charge on any atom is 0.225 e. The number of nitrogens with zero attached hydrogens (tertiary/aromatic N) is 1. The normalized spacial score (nSPS) is 24.5. The van der Waals surface area contributed by atoms with Crippen molar-refractivity contribution in [2.75, 3.05) is 20.1 Å². The molecule has 0 spiro atoms. The van der Waals surface area contributed by atoms with Crippen molar-refractivity contribution < 1.29 is 4.79 Å². The van der Waals surface area contributed by atoms with E-state index in [0.29, 0.717) is 17.9 Å². The number of hydrogen-bond donors (Lipinski definition) is 1. The average molecular weight is 154 g/mol. The third kappa shape index (κ3) is 1.25. The Bertz CT molecular complexity index is 173. The molecule has 0 radical (unpaired) electrons. The topological polar surface area (TPSA) is 32.3 Å². The second-order valence-corrected chi connectivity index (χ2v) is 3.54. The van der Waals surface area contributed by atoms with Gasteiger partial charge in [0.05, 0.1) is 6.04 Å². The minimum atomic E-state index is 0.358. The Balaban J connectivity index is 1.86. The highest BCUT2D eigenvalue weighted by atomic mass is 16.2. The van der Waals surface area contributed by atoms with Gasteiger partial charge in [0.2, 0.25) is 5.91 Å². The quantitative estimate of drug-likeness (QED) is 0.598. The molecule has 11 heavy (non-hydrogen) atoms. The summed E-state index contributed by atoms with van der Waals surface area (Å²) in [5.41, 5.74) is 0. The minimum Gasteiger partial charge on any atom is -0.340 e. The average Bonchev–Trinajstić information content (AvgIpc) is 2.62. The van der Waals surface area contributed by atoms with Gasteiger partial charge in [-0.05, 0) is 12.8 Å². The molecule has 0 aromatic rings. The molecule has 0 aromatic carbocycles. The number of rotatable bonds is 2. The zero-order chi connectivity index (χ0) is 7.84. The van der Waals surface area contributed by atoms with Gasteiger partial charge in [-0.1, -0.05) is 0 Å². The lowest BCUT2D eigenvalue weighted by atomic mass is 10.1. The van der Waals surface area contributed by atoms with Crippen molar-refractivity contribution in [3.8, 4) is 0 Å². The third-order valence-electron chi connectivity index (χ3n) is 2.58. The summed E-state index contributed by atoms with van der Waals surface area (Å²) in [6, 6.07) is 0.475. The Morgan fingerprint density at radius 3 is 2.45 bits per heavy atom. The molecule has 1 aliphatic heterocycles. The summed E-state index contributed by atoms with van der Waals surface area (Å²) in [5, 5.41) is 3.16. The standard InChI is InChI=1S/C8H14N2O/c1-10(7-4-9-5-7)8(11)6-2-3-6/h6-7,9H,2-5H2,1H3. The van der Waals surface area contributed by atoms with Gasteiger partial charge in [0, 0.05) is 26.1 Å². The number of hydrogen-bond acceptors (Lipinski definition) is 2.